The van der Waals surface area contributed by atoms with E-state index in [0.717, 1.165) is 37.1 Å². The van der Waals surface area contributed by atoms with Crippen LogP contribution >= 0.6 is 0 Å². The summed E-state index contributed by atoms with van der Waals surface area (Å²) < 4.78 is 16.0. The molecule has 27 heavy (non-hydrogen) atoms. The van der Waals surface area contributed by atoms with Gasteiger partial charge in [0.2, 0.25) is 5.91 Å². The van der Waals surface area contributed by atoms with Crippen molar-refractivity contribution in [2.75, 3.05) is 33.4 Å². The number of hydrogen-bond acceptors (Lipinski definition) is 5. The van der Waals surface area contributed by atoms with Gasteiger partial charge in [0.1, 0.15) is 11.3 Å². The normalized spacial score (nSPS) is 16.6. The molecule has 1 aliphatic heterocycles. The molecule has 2 heterocycles. The summed E-state index contributed by atoms with van der Waals surface area (Å²) in [4.78, 5) is 26.9. The SMILES string of the molecule is CCN(CC1CCOC1)C(=O)CCc1c(C)c2ccc(OC)cc2oc1=O. The molecule has 1 amide bonds. The Morgan fingerprint density at radius 2 is 2.19 bits per heavy atom. The first-order valence-electron chi connectivity index (χ1n) is 9.49. The molecule has 1 saturated heterocycles. The van der Waals surface area contributed by atoms with Gasteiger partial charge in [-0.15, -0.1) is 0 Å². The van der Waals surface area contributed by atoms with Gasteiger partial charge in [0, 0.05) is 49.1 Å². The van der Waals surface area contributed by atoms with Gasteiger partial charge in [-0.3, -0.25) is 4.79 Å². The van der Waals surface area contributed by atoms with Crippen LogP contribution in [0.25, 0.3) is 11.0 Å². The second-order valence-corrected chi connectivity index (χ2v) is 7.02. The van der Waals surface area contributed by atoms with E-state index in [1.165, 1.54) is 0 Å². The Morgan fingerprint density at radius 1 is 1.37 bits per heavy atom. The number of nitrogens with zero attached hydrogens (tertiary/aromatic N) is 1. The van der Waals surface area contributed by atoms with Crippen LogP contribution in [0.4, 0.5) is 0 Å². The first-order chi connectivity index (χ1) is 13.0. The fraction of sp³-hybridized carbons (Fsp3) is 0.524. The number of rotatable bonds is 7. The second kappa shape index (κ2) is 8.57. The standard InChI is InChI=1S/C21H27NO5/c1-4-22(12-15-9-10-26-13-15)20(23)8-7-18-14(2)17-6-5-16(25-3)11-19(17)27-21(18)24/h5-6,11,15H,4,7-10,12-13H2,1-3H3. The molecule has 0 N–H and O–H groups in total. The third-order valence-electron chi connectivity index (χ3n) is 5.32. The molecule has 0 radical (unpaired) electrons. The zero-order valence-corrected chi connectivity index (χ0v) is 16.2. The number of methoxy groups -OCH3 is 1. The number of amides is 1. The van der Waals surface area contributed by atoms with Gasteiger partial charge in [-0.2, -0.15) is 0 Å². The minimum Gasteiger partial charge on any atom is -0.497 e. The number of hydrogen-bond donors (Lipinski definition) is 0. The maximum atomic E-state index is 12.6. The van der Waals surface area contributed by atoms with Gasteiger partial charge < -0.3 is 18.8 Å². The number of carbonyl (C=O) groups excluding carboxylic acids is 1. The summed E-state index contributed by atoms with van der Waals surface area (Å²) in [6, 6.07) is 5.43. The van der Waals surface area contributed by atoms with E-state index in [-0.39, 0.29) is 11.5 Å². The summed E-state index contributed by atoms with van der Waals surface area (Å²) in [5, 5.41) is 0.869. The Hall–Kier alpha value is -2.34. The Morgan fingerprint density at radius 3 is 2.85 bits per heavy atom. The molecule has 2 aromatic rings. The fourth-order valence-corrected chi connectivity index (χ4v) is 3.63. The van der Waals surface area contributed by atoms with E-state index in [1.54, 1.807) is 13.2 Å². The van der Waals surface area contributed by atoms with Crippen molar-refractivity contribution in [1.29, 1.82) is 0 Å². The molecular weight excluding hydrogens is 346 g/mol. The van der Waals surface area contributed by atoms with Crippen LogP contribution in [-0.2, 0) is 16.0 Å². The summed E-state index contributed by atoms with van der Waals surface area (Å²) in [5.74, 6) is 1.12. The molecule has 1 aromatic heterocycles. The van der Waals surface area contributed by atoms with Gasteiger partial charge in [-0.05, 0) is 44.4 Å². The van der Waals surface area contributed by atoms with Crippen molar-refractivity contribution in [2.45, 2.75) is 33.1 Å². The number of fused-ring (bicyclic) bond motifs is 1. The molecule has 6 nitrogen and oxygen atoms in total. The summed E-state index contributed by atoms with van der Waals surface area (Å²) in [6.45, 7) is 6.77. The molecule has 1 aliphatic rings. The summed E-state index contributed by atoms with van der Waals surface area (Å²) in [5.41, 5.74) is 1.56. The minimum atomic E-state index is -0.381. The molecule has 1 atom stereocenters. The van der Waals surface area contributed by atoms with Crippen molar-refractivity contribution in [2.24, 2.45) is 5.92 Å². The fourth-order valence-electron chi connectivity index (χ4n) is 3.63. The first kappa shape index (κ1) is 19.4. The zero-order valence-electron chi connectivity index (χ0n) is 16.2. The van der Waals surface area contributed by atoms with Crippen molar-refractivity contribution in [3.8, 4) is 5.75 Å². The highest BCUT2D eigenvalue weighted by Crippen LogP contribution is 2.24. The summed E-state index contributed by atoms with van der Waals surface area (Å²) >= 11 is 0. The van der Waals surface area contributed by atoms with Crippen LogP contribution in [-0.4, -0.2) is 44.2 Å². The Balaban J connectivity index is 1.73. The number of aryl methyl sites for hydroxylation is 1. The maximum absolute atomic E-state index is 12.6. The molecule has 1 unspecified atom stereocenters. The highest BCUT2D eigenvalue weighted by molar-refractivity contribution is 5.82. The Bertz CT molecular complexity index is 867. The van der Waals surface area contributed by atoms with Crippen molar-refractivity contribution >= 4 is 16.9 Å². The lowest BCUT2D eigenvalue weighted by molar-refractivity contribution is -0.131. The number of ether oxygens (including phenoxy) is 2. The summed E-state index contributed by atoms with van der Waals surface area (Å²) in [7, 11) is 1.57. The van der Waals surface area contributed by atoms with Crippen molar-refractivity contribution in [1.82, 2.24) is 4.90 Å². The van der Waals surface area contributed by atoms with Gasteiger partial charge in [0.25, 0.3) is 0 Å². The Labute approximate surface area is 159 Å². The molecule has 146 valence electrons. The predicted octanol–water partition coefficient (Wildman–Crippen LogP) is 2.93. The number of carbonyl (C=O) groups is 1. The topological polar surface area (TPSA) is 69.0 Å². The van der Waals surface area contributed by atoms with E-state index in [4.69, 9.17) is 13.9 Å². The average Bonchev–Trinajstić information content (AvgIpc) is 3.18. The second-order valence-electron chi connectivity index (χ2n) is 7.02. The van der Waals surface area contributed by atoms with Crippen LogP contribution in [0, 0.1) is 12.8 Å². The van der Waals surface area contributed by atoms with E-state index in [9.17, 15) is 9.59 Å². The predicted molar refractivity (Wildman–Crippen MR) is 103 cm³/mol. The molecule has 1 aromatic carbocycles. The third kappa shape index (κ3) is 4.33. The lowest BCUT2D eigenvalue weighted by atomic mass is 10.0. The maximum Gasteiger partial charge on any atom is 0.339 e. The number of benzene rings is 1. The van der Waals surface area contributed by atoms with Gasteiger partial charge >= 0.3 is 5.63 Å². The molecule has 0 spiro atoms. The molecule has 1 fully saturated rings. The van der Waals surface area contributed by atoms with E-state index in [2.05, 4.69) is 0 Å². The first-order valence-corrected chi connectivity index (χ1v) is 9.49. The van der Waals surface area contributed by atoms with Crippen molar-refractivity contribution < 1.29 is 18.7 Å². The van der Waals surface area contributed by atoms with Crippen molar-refractivity contribution in [3.05, 3.63) is 39.7 Å². The third-order valence-corrected chi connectivity index (χ3v) is 5.32. The smallest absolute Gasteiger partial charge is 0.339 e. The average molecular weight is 373 g/mol. The molecule has 0 saturated carbocycles. The van der Waals surface area contributed by atoms with E-state index in [1.807, 2.05) is 30.9 Å². The van der Waals surface area contributed by atoms with E-state index in [0.29, 0.717) is 42.2 Å². The lowest BCUT2D eigenvalue weighted by Crippen LogP contribution is -2.35. The van der Waals surface area contributed by atoms with Gasteiger partial charge in [-0.25, -0.2) is 4.79 Å². The van der Waals surface area contributed by atoms with Crippen LogP contribution in [0.5, 0.6) is 5.75 Å². The molecule has 0 bridgehead atoms. The summed E-state index contributed by atoms with van der Waals surface area (Å²) in [6.07, 6.45) is 1.68. The molecule has 0 aliphatic carbocycles. The van der Waals surface area contributed by atoms with Gasteiger partial charge in [0.15, 0.2) is 0 Å². The highest BCUT2D eigenvalue weighted by atomic mass is 16.5. The Kier molecular flexibility index (Phi) is 6.16. The van der Waals surface area contributed by atoms with Crippen LogP contribution < -0.4 is 10.4 Å². The van der Waals surface area contributed by atoms with Crippen LogP contribution in [0.2, 0.25) is 0 Å². The lowest BCUT2D eigenvalue weighted by Gasteiger charge is -2.23. The highest BCUT2D eigenvalue weighted by Gasteiger charge is 2.22. The minimum absolute atomic E-state index is 0.0676. The molecule has 6 heteroatoms. The largest absolute Gasteiger partial charge is 0.497 e. The zero-order chi connectivity index (χ0) is 19.4. The van der Waals surface area contributed by atoms with E-state index >= 15 is 0 Å². The van der Waals surface area contributed by atoms with Gasteiger partial charge in [0.05, 0.1) is 13.7 Å². The van der Waals surface area contributed by atoms with Crippen molar-refractivity contribution in [3.63, 3.8) is 0 Å². The van der Waals surface area contributed by atoms with Gasteiger partial charge in [-0.1, -0.05) is 0 Å². The monoisotopic (exact) mass is 373 g/mol. The van der Waals surface area contributed by atoms with Crippen LogP contribution in [0.15, 0.2) is 27.4 Å². The molecular formula is C21H27NO5. The van der Waals surface area contributed by atoms with Crippen LogP contribution in [0.1, 0.15) is 30.9 Å². The van der Waals surface area contributed by atoms with Crippen LogP contribution in [0.3, 0.4) is 0 Å². The quantitative estimate of drug-likeness (QED) is 0.698. The van der Waals surface area contributed by atoms with E-state index < -0.39 is 0 Å². The molecule has 3 rings (SSSR count).